The molecule has 2 aromatic carbocycles. The number of aliphatic carboxylic acids is 1. The van der Waals surface area contributed by atoms with Crippen LogP contribution in [0.15, 0.2) is 36.4 Å². The number of hydrogen-bond acceptors (Lipinski definition) is 2. The summed E-state index contributed by atoms with van der Waals surface area (Å²) < 4.78 is 56.5. The summed E-state index contributed by atoms with van der Waals surface area (Å²) in [5.41, 5.74) is -0.740. The number of carbonyl (C=O) groups is 1. The van der Waals surface area contributed by atoms with Crippen LogP contribution in [0.4, 0.5) is 17.6 Å². The minimum absolute atomic E-state index is 0.0911. The zero-order valence-electron chi connectivity index (χ0n) is 14.7. The Morgan fingerprint density at radius 3 is 2.29 bits per heavy atom. The maximum atomic E-state index is 12.8. The van der Waals surface area contributed by atoms with Crippen LogP contribution in [0.25, 0.3) is 11.1 Å². The van der Waals surface area contributed by atoms with Gasteiger partial charge in [-0.1, -0.05) is 30.2 Å². The van der Waals surface area contributed by atoms with Gasteiger partial charge >= 0.3 is 12.1 Å². The van der Waals surface area contributed by atoms with Crippen LogP contribution in [-0.4, -0.2) is 24.4 Å². The smallest absolute Gasteiger partial charge is 0.416 e. The highest BCUT2D eigenvalue weighted by Crippen LogP contribution is 2.48. The fourth-order valence-corrected chi connectivity index (χ4v) is 3.64. The van der Waals surface area contributed by atoms with Crippen LogP contribution >= 0.6 is 11.6 Å². The van der Waals surface area contributed by atoms with Gasteiger partial charge in [0.1, 0.15) is 19.0 Å². The van der Waals surface area contributed by atoms with Gasteiger partial charge in [0.2, 0.25) is 0 Å². The summed E-state index contributed by atoms with van der Waals surface area (Å²) in [5, 5.41) is 9.77. The molecule has 1 aliphatic rings. The second-order valence-electron chi connectivity index (χ2n) is 6.69. The molecule has 3 rings (SSSR count). The van der Waals surface area contributed by atoms with Gasteiger partial charge in [-0.2, -0.15) is 13.2 Å². The number of hydrogen-bond donors (Lipinski definition) is 1. The number of alkyl halides is 4. The molecule has 1 fully saturated rings. The third-order valence-corrected chi connectivity index (χ3v) is 5.34. The lowest BCUT2D eigenvalue weighted by Crippen LogP contribution is -2.42. The molecule has 0 spiro atoms. The van der Waals surface area contributed by atoms with E-state index in [2.05, 4.69) is 0 Å². The van der Waals surface area contributed by atoms with Crippen molar-refractivity contribution in [1.82, 2.24) is 0 Å². The van der Waals surface area contributed by atoms with E-state index >= 15 is 0 Å². The second-order valence-corrected chi connectivity index (χ2v) is 7.10. The fourth-order valence-electron chi connectivity index (χ4n) is 3.37. The standard InChI is InChI=1S/C20H17ClF4O3/c21-16-11-14(19(18(26)27)6-1-7-19)10-15(17(16)28-9-8-22)12-2-4-13(5-3-12)20(23,24)25/h2-5,10-11H,1,6-9H2,(H,26,27). The molecule has 0 radical (unpaired) electrons. The normalized spacial score (nSPS) is 15.8. The lowest BCUT2D eigenvalue weighted by molar-refractivity contribution is -0.147. The second kappa shape index (κ2) is 7.62. The van der Waals surface area contributed by atoms with E-state index in [9.17, 15) is 27.5 Å². The van der Waals surface area contributed by atoms with Gasteiger partial charge in [-0.05, 0) is 48.2 Å². The van der Waals surface area contributed by atoms with E-state index in [1.54, 1.807) is 6.07 Å². The number of benzene rings is 2. The zero-order chi connectivity index (χ0) is 20.5. The molecule has 1 saturated carbocycles. The Kier molecular flexibility index (Phi) is 5.57. The van der Waals surface area contributed by atoms with Crippen molar-refractivity contribution in [3.05, 3.63) is 52.5 Å². The molecule has 0 saturated heterocycles. The van der Waals surface area contributed by atoms with Crippen molar-refractivity contribution < 1.29 is 32.2 Å². The van der Waals surface area contributed by atoms with Crippen molar-refractivity contribution in [3.63, 3.8) is 0 Å². The van der Waals surface area contributed by atoms with Gasteiger partial charge in [-0.15, -0.1) is 0 Å². The molecule has 0 aromatic heterocycles. The zero-order valence-corrected chi connectivity index (χ0v) is 15.4. The number of carboxylic acid groups (broad SMARTS) is 1. The van der Waals surface area contributed by atoms with Crippen molar-refractivity contribution in [2.24, 2.45) is 0 Å². The number of halogens is 5. The average Bonchev–Trinajstić information content (AvgIpc) is 2.58. The molecule has 8 heteroatoms. The molecule has 150 valence electrons. The number of ether oxygens (including phenoxy) is 1. The van der Waals surface area contributed by atoms with Gasteiger partial charge in [0.25, 0.3) is 0 Å². The quantitative estimate of drug-likeness (QED) is 0.598. The summed E-state index contributed by atoms with van der Waals surface area (Å²) in [4.78, 5) is 11.8. The van der Waals surface area contributed by atoms with Crippen molar-refractivity contribution in [3.8, 4) is 16.9 Å². The first-order chi connectivity index (χ1) is 13.2. The van der Waals surface area contributed by atoms with Gasteiger partial charge in [0.05, 0.1) is 16.0 Å². The van der Waals surface area contributed by atoms with Crippen LogP contribution in [0, 0.1) is 0 Å². The first-order valence-corrected chi connectivity index (χ1v) is 9.00. The molecule has 28 heavy (non-hydrogen) atoms. The Hall–Kier alpha value is -2.28. The van der Waals surface area contributed by atoms with Crippen LogP contribution in [0.2, 0.25) is 5.02 Å². The summed E-state index contributed by atoms with van der Waals surface area (Å²) >= 11 is 6.30. The van der Waals surface area contributed by atoms with Crippen LogP contribution in [-0.2, 0) is 16.4 Å². The van der Waals surface area contributed by atoms with Gasteiger partial charge in [0.15, 0.2) is 0 Å². The molecule has 0 unspecified atom stereocenters. The summed E-state index contributed by atoms with van der Waals surface area (Å²) in [6.45, 7) is -1.06. The van der Waals surface area contributed by atoms with Crippen LogP contribution in [0.3, 0.4) is 0 Å². The maximum absolute atomic E-state index is 12.8. The van der Waals surface area contributed by atoms with E-state index in [4.69, 9.17) is 16.3 Å². The lowest BCUT2D eigenvalue weighted by Gasteiger charge is -2.38. The van der Waals surface area contributed by atoms with Crippen LogP contribution in [0.1, 0.15) is 30.4 Å². The van der Waals surface area contributed by atoms with Gasteiger partial charge < -0.3 is 9.84 Å². The topological polar surface area (TPSA) is 46.5 Å². The monoisotopic (exact) mass is 416 g/mol. The third kappa shape index (κ3) is 3.68. The largest absolute Gasteiger partial charge is 0.489 e. The molecular weight excluding hydrogens is 400 g/mol. The predicted molar refractivity (Wildman–Crippen MR) is 96.5 cm³/mol. The fraction of sp³-hybridized carbons (Fsp3) is 0.350. The van der Waals surface area contributed by atoms with Crippen LogP contribution < -0.4 is 4.74 Å². The van der Waals surface area contributed by atoms with Gasteiger partial charge in [0, 0.05) is 5.56 Å². The van der Waals surface area contributed by atoms with Gasteiger partial charge in [-0.25, -0.2) is 4.39 Å². The van der Waals surface area contributed by atoms with E-state index in [1.807, 2.05) is 0 Å². The SMILES string of the molecule is O=C(O)C1(c2cc(Cl)c(OCCF)c(-c3ccc(C(F)(F)F)cc3)c2)CCC1. The van der Waals surface area contributed by atoms with Crippen molar-refractivity contribution >= 4 is 17.6 Å². The molecule has 0 heterocycles. The highest BCUT2D eigenvalue weighted by Gasteiger charge is 2.46. The van der Waals surface area contributed by atoms with E-state index in [-0.39, 0.29) is 17.4 Å². The molecule has 0 atom stereocenters. The maximum Gasteiger partial charge on any atom is 0.416 e. The Morgan fingerprint density at radius 1 is 1.18 bits per heavy atom. The molecule has 0 amide bonds. The Bertz CT molecular complexity index is 874. The number of rotatable bonds is 6. The van der Waals surface area contributed by atoms with E-state index in [0.29, 0.717) is 29.5 Å². The summed E-state index contributed by atoms with van der Waals surface area (Å²) in [7, 11) is 0. The van der Waals surface area contributed by atoms with Gasteiger partial charge in [-0.3, -0.25) is 4.79 Å². The first-order valence-electron chi connectivity index (χ1n) is 8.63. The Balaban J connectivity index is 2.12. The summed E-state index contributed by atoms with van der Waals surface area (Å²) in [6.07, 6.45) is -2.85. The average molecular weight is 417 g/mol. The highest BCUT2D eigenvalue weighted by molar-refractivity contribution is 6.32. The minimum Gasteiger partial charge on any atom is -0.489 e. The molecule has 2 aromatic rings. The molecule has 3 nitrogen and oxygen atoms in total. The molecule has 1 aliphatic carbocycles. The van der Waals surface area contributed by atoms with E-state index < -0.39 is 29.8 Å². The Morgan fingerprint density at radius 2 is 1.82 bits per heavy atom. The predicted octanol–water partition coefficient (Wildman–Crippen LogP) is 5.88. The van der Waals surface area contributed by atoms with E-state index in [0.717, 1.165) is 18.6 Å². The minimum atomic E-state index is -4.48. The van der Waals surface area contributed by atoms with Crippen LogP contribution in [0.5, 0.6) is 5.75 Å². The number of carboxylic acids is 1. The molecular formula is C20H17ClF4O3. The third-order valence-electron chi connectivity index (χ3n) is 5.06. The van der Waals surface area contributed by atoms with Crippen molar-refractivity contribution in [2.45, 2.75) is 30.9 Å². The van der Waals surface area contributed by atoms with Crippen molar-refractivity contribution in [1.29, 1.82) is 0 Å². The Labute approximate surface area is 163 Å². The molecule has 1 N–H and O–H groups in total. The molecule has 0 aliphatic heterocycles. The molecule has 0 bridgehead atoms. The van der Waals surface area contributed by atoms with Crippen molar-refractivity contribution in [2.75, 3.05) is 13.3 Å². The first kappa shape index (κ1) is 20.5. The summed E-state index contributed by atoms with van der Waals surface area (Å²) in [6, 6.07) is 7.41. The lowest BCUT2D eigenvalue weighted by atomic mass is 9.64. The van der Waals surface area contributed by atoms with E-state index in [1.165, 1.54) is 18.2 Å². The summed E-state index contributed by atoms with van der Waals surface area (Å²) in [5.74, 6) is -0.867. The highest BCUT2D eigenvalue weighted by atomic mass is 35.5.